The highest BCUT2D eigenvalue weighted by atomic mass is 16.6. The predicted octanol–water partition coefficient (Wildman–Crippen LogP) is 3.09. The molecule has 0 atom stereocenters. The Morgan fingerprint density at radius 2 is 2.10 bits per heavy atom. The van der Waals surface area contributed by atoms with Crippen LogP contribution in [0.5, 0.6) is 11.6 Å². The Balaban J connectivity index is 2.37. The predicted molar refractivity (Wildman–Crippen MR) is 78.9 cm³/mol. The summed E-state index contributed by atoms with van der Waals surface area (Å²) in [6, 6.07) is 6.13. The molecule has 2 aromatic rings. The normalized spacial score (nSPS) is 10.2. The van der Waals surface area contributed by atoms with E-state index in [1.54, 1.807) is 19.2 Å². The van der Waals surface area contributed by atoms with E-state index in [4.69, 9.17) is 4.74 Å². The van der Waals surface area contributed by atoms with Crippen LogP contribution in [0.25, 0.3) is 0 Å². The quantitative estimate of drug-likeness (QED) is 0.671. The molecule has 0 aliphatic carbocycles. The third-order valence-electron chi connectivity index (χ3n) is 2.92. The Hall–Kier alpha value is -2.70. The number of nitro groups is 1. The number of rotatable bonds is 5. The zero-order chi connectivity index (χ0) is 15.4. The smallest absolute Gasteiger partial charge is 0.273 e. The van der Waals surface area contributed by atoms with Gasteiger partial charge in [-0.1, -0.05) is 6.92 Å². The van der Waals surface area contributed by atoms with E-state index >= 15 is 0 Å². The number of nitro benzene ring substituents is 1. The number of anilines is 1. The number of hydrogen-bond donors (Lipinski definition) is 1. The van der Waals surface area contributed by atoms with Gasteiger partial charge >= 0.3 is 0 Å². The topological polar surface area (TPSA) is 90.2 Å². The Labute approximate surface area is 122 Å². The third kappa shape index (κ3) is 3.44. The SMILES string of the molecule is CCc1nc(NC)cc(Oc2cc([N+](=O)[O-])ccc2C)n1. The van der Waals surface area contributed by atoms with Crippen molar-refractivity contribution in [3.63, 3.8) is 0 Å². The van der Waals surface area contributed by atoms with Gasteiger partial charge < -0.3 is 10.1 Å². The molecule has 0 fully saturated rings. The van der Waals surface area contributed by atoms with E-state index in [1.807, 2.05) is 13.8 Å². The molecule has 1 aromatic heterocycles. The number of aromatic nitrogens is 2. The molecule has 7 heteroatoms. The lowest BCUT2D eigenvalue weighted by Gasteiger charge is -2.10. The van der Waals surface area contributed by atoms with Crippen LogP contribution in [0, 0.1) is 17.0 Å². The van der Waals surface area contributed by atoms with Gasteiger partial charge in [-0.15, -0.1) is 0 Å². The molecule has 1 aromatic carbocycles. The Morgan fingerprint density at radius 3 is 2.71 bits per heavy atom. The molecule has 2 rings (SSSR count). The number of aryl methyl sites for hydroxylation is 2. The van der Waals surface area contributed by atoms with Crippen molar-refractivity contribution in [3.8, 4) is 11.6 Å². The largest absolute Gasteiger partial charge is 0.438 e. The van der Waals surface area contributed by atoms with E-state index in [9.17, 15) is 10.1 Å². The highest BCUT2D eigenvalue weighted by Crippen LogP contribution is 2.28. The molecule has 0 aliphatic heterocycles. The Kier molecular flexibility index (Phi) is 4.32. The first-order valence-electron chi connectivity index (χ1n) is 6.52. The third-order valence-corrected chi connectivity index (χ3v) is 2.92. The molecule has 1 N–H and O–H groups in total. The second-order valence-electron chi connectivity index (χ2n) is 4.42. The van der Waals surface area contributed by atoms with Crippen molar-refractivity contribution in [2.24, 2.45) is 0 Å². The van der Waals surface area contributed by atoms with Crippen LogP contribution in [-0.4, -0.2) is 21.9 Å². The maximum absolute atomic E-state index is 10.8. The number of nitrogens with zero attached hydrogens (tertiary/aromatic N) is 3. The van der Waals surface area contributed by atoms with Crippen LogP contribution in [0.15, 0.2) is 24.3 Å². The summed E-state index contributed by atoms with van der Waals surface area (Å²) < 4.78 is 5.69. The Bertz CT molecular complexity index is 651. The first-order chi connectivity index (χ1) is 10.0. The number of benzene rings is 1. The van der Waals surface area contributed by atoms with Crippen molar-refractivity contribution in [3.05, 3.63) is 45.8 Å². The molecule has 0 spiro atoms. The summed E-state index contributed by atoms with van der Waals surface area (Å²) in [5, 5.41) is 13.8. The molecule has 7 nitrogen and oxygen atoms in total. The fourth-order valence-corrected chi connectivity index (χ4v) is 1.74. The number of ether oxygens (including phenoxy) is 1. The molecule has 21 heavy (non-hydrogen) atoms. The van der Waals surface area contributed by atoms with Gasteiger partial charge in [0.25, 0.3) is 5.69 Å². The maximum Gasteiger partial charge on any atom is 0.273 e. The van der Waals surface area contributed by atoms with Crippen molar-refractivity contribution < 1.29 is 9.66 Å². The van der Waals surface area contributed by atoms with Gasteiger partial charge in [0.2, 0.25) is 5.88 Å². The molecule has 0 aliphatic rings. The molecule has 0 unspecified atom stereocenters. The number of hydrogen-bond acceptors (Lipinski definition) is 6. The number of nitrogens with one attached hydrogen (secondary N) is 1. The van der Waals surface area contributed by atoms with Gasteiger partial charge in [-0.05, 0) is 18.6 Å². The maximum atomic E-state index is 10.8. The van der Waals surface area contributed by atoms with E-state index < -0.39 is 4.92 Å². The molecular formula is C14H16N4O3. The standard InChI is InChI=1S/C14H16N4O3/c1-4-12-16-13(15-3)8-14(17-12)21-11-7-10(18(19)20)6-5-9(11)2/h5-8H,4H2,1-3H3,(H,15,16,17). The average molecular weight is 288 g/mol. The van der Waals surface area contributed by atoms with Gasteiger partial charge in [0, 0.05) is 25.6 Å². The van der Waals surface area contributed by atoms with E-state index in [0.717, 1.165) is 5.56 Å². The van der Waals surface area contributed by atoms with Crippen molar-refractivity contribution in [1.82, 2.24) is 9.97 Å². The summed E-state index contributed by atoms with van der Waals surface area (Å²) in [7, 11) is 1.75. The van der Waals surface area contributed by atoms with Crippen LogP contribution in [0.3, 0.4) is 0 Å². The first-order valence-corrected chi connectivity index (χ1v) is 6.52. The molecular weight excluding hydrogens is 272 g/mol. The monoisotopic (exact) mass is 288 g/mol. The molecule has 0 saturated heterocycles. The van der Waals surface area contributed by atoms with Gasteiger partial charge in [0.1, 0.15) is 17.4 Å². The summed E-state index contributed by atoms with van der Waals surface area (Å²) >= 11 is 0. The zero-order valence-corrected chi connectivity index (χ0v) is 12.1. The lowest BCUT2D eigenvalue weighted by atomic mass is 10.2. The van der Waals surface area contributed by atoms with Crippen molar-refractivity contribution in [2.75, 3.05) is 12.4 Å². The van der Waals surface area contributed by atoms with Gasteiger partial charge in [-0.3, -0.25) is 10.1 Å². The summed E-state index contributed by atoms with van der Waals surface area (Å²) in [4.78, 5) is 18.9. The van der Waals surface area contributed by atoms with Gasteiger partial charge in [0.15, 0.2) is 0 Å². The van der Waals surface area contributed by atoms with Crippen LogP contribution < -0.4 is 10.1 Å². The van der Waals surface area contributed by atoms with Crippen LogP contribution in [0.1, 0.15) is 18.3 Å². The van der Waals surface area contributed by atoms with Crippen molar-refractivity contribution in [2.45, 2.75) is 20.3 Å². The highest BCUT2D eigenvalue weighted by Gasteiger charge is 2.12. The molecule has 0 radical (unpaired) electrons. The van der Waals surface area contributed by atoms with Crippen LogP contribution >= 0.6 is 0 Å². The minimum absolute atomic E-state index is 0.0192. The summed E-state index contributed by atoms with van der Waals surface area (Å²) in [5.74, 6) is 2.04. The summed E-state index contributed by atoms with van der Waals surface area (Å²) in [5.41, 5.74) is 0.775. The lowest BCUT2D eigenvalue weighted by Crippen LogP contribution is -2.01. The summed E-state index contributed by atoms with van der Waals surface area (Å²) in [6.45, 7) is 3.76. The van der Waals surface area contributed by atoms with Gasteiger partial charge in [-0.2, -0.15) is 4.98 Å². The molecule has 110 valence electrons. The highest BCUT2D eigenvalue weighted by molar-refractivity contribution is 5.46. The summed E-state index contributed by atoms with van der Waals surface area (Å²) in [6.07, 6.45) is 0.666. The first kappa shape index (κ1) is 14.7. The lowest BCUT2D eigenvalue weighted by molar-refractivity contribution is -0.384. The minimum atomic E-state index is -0.456. The van der Waals surface area contributed by atoms with Crippen molar-refractivity contribution >= 4 is 11.5 Å². The zero-order valence-electron chi connectivity index (χ0n) is 12.1. The second kappa shape index (κ2) is 6.17. The van der Waals surface area contributed by atoms with E-state index in [0.29, 0.717) is 29.7 Å². The minimum Gasteiger partial charge on any atom is -0.438 e. The molecule has 1 heterocycles. The van der Waals surface area contributed by atoms with E-state index in [1.165, 1.54) is 12.1 Å². The van der Waals surface area contributed by atoms with Gasteiger partial charge in [0.05, 0.1) is 11.0 Å². The van der Waals surface area contributed by atoms with Gasteiger partial charge in [-0.25, -0.2) is 4.98 Å². The van der Waals surface area contributed by atoms with E-state index in [2.05, 4.69) is 15.3 Å². The fraction of sp³-hybridized carbons (Fsp3) is 0.286. The second-order valence-corrected chi connectivity index (χ2v) is 4.42. The number of non-ortho nitro benzene ring substituents is 1. The van der Waals surface area contributed by atoms with Crippen molar-refractivity contribution in [1.29, 1.82) is 0 Å². The van der Waals surface area contributed by atoms with Crippen LogP contribution in [0.2, 0.25) is 0 Å². The van der Waals surface area contributed by atoms with Crippen LogP contribution in [0.4, 0.5) is 11.5 Å². The molecule has 0 bridgehead atoms. The fourth-order valence-electron chi connectivity index (χ4n) is 1.74. The molecule has 0 saturated carbocycles. The Morgan fingerprint density at radius 1 is 1.33 bits per heavy atom. The van der Waals surface area contributed by atoms with Crippen LogP contribution in [-0.2, 0) is 6.42 Å². The van der Waals surface area contributed by atoms with E-state index in [-0.39, 0.29) is 5.69 Å². The molecule has 0 amide bonds. The average Bonchev–Trinajstić information content (AvgIpc) is 2.48.